The van der Waals surface area contributed by atoms with Crippen molar-refractivity contribution in [3.05, 3.63) is 59.7 Å². The van der Waals surface area contributed by atoms with E-state index in [0.29, 0.717) is 5.75 Å². The molecule has 1 nitrogen and oxygen atoms in total. The molecule has 0 aliphatic carbocycles. The summed E-state index contributed by atoms with van der Waals surface area (Å²) in [7, 11) is 0. The Morgan fingerprint density at radius 1 is 1.06 bits per heavy atom. The molecule has 0 saturated carbocycles. The van der Waals surface area contributed by atoms with Gasteiger partial charge in [0.05, 0.1) is 0 Å². The third kappa shape index (κ3) is 2.80. The zero-order valence-electron chi connectivity index (χ0n) is 9.18. The zero-order chi connectivity index (χ0) is 11.4. The molecule has 0 aliphatic heterocycles. The number of thioether (sulfide) groups is 1. The van der Waals surface area contributed by atoms with Crippen molar-refractivity contribution in [3.63, 3.8) is 0 Å². The van der Waals surface area contributed by atoms with E-state index in [-0.39, 0.29) is 0 Å². The minimum absolute atomic E-state index is 0.383. The van der Waals surface area contributed by atoms with Gasteiger partial charge < -0.3 is 5.11 Å². The van der Waals surface area contributed by atoms with Crippen LogP contribution < -0.4 is 0 Å². The largest absolute Gasteiger partial charge is 0.508 e. The van der Waals surface area contributed by atoms with E-state index in [0.717, 1.165) is 11.3 Å². The van der Waals surface area contributed by atoms with Gasteiger partial charge in [-0.05, 0) is 25.1 Å². The quantitative estimate of drug-likeness (QED) is 0.804. The first-order chi connectivity index (χ1) is 7.75. The second-order valence-corrected chi connectivity index (χ2v) is 4.78. The topological polar surface area (TPSA) is 20.2 Å². The number of phenolic OH excluding ortho intramolecular Hbond substituents is 1. The number of aryl methyl sites for hydroxylation is 1. The number of rotatable bonds is 3. The standard InChI is InChI=1S/C14H14OS/c1-11-7-8-14(15)12(9-11)10-16-13-5-3-2-4-6-13/h2-9,15H,10H2,1H3. The Bertz CT molecular complexity index is 465. The molecule has 2 aromatic rings. The molecule has 0 fully saturated rings. The van der Waals surface area contributed by atoms with Gasteiger partial charge in [0.15, 0.2) is 0 Å². The second-order valence-electron chi connectivity index (χ2n) is 3.73. The van der Waals surface area contributed by atoms with E-state index in [4.69, 9.17) is 0 Å². The number of hydrogen-bond acceptors (Lipinski definition) is 2. The molecule has 0 aromatic heterocycles. The molecular formula is C14H14OS. The number of benzene rings is 2. The molecule has 0 saturated heterocycles. The molecule has 0 unspecified atom stereocenters. The fraction of sp³-hybridized carbons (Fsp3) is 0.143. The van der Waals surface area contributed by atoms with Crippen molar-refractivity contribution in [1.29, 1.82) is 0 Å². The van der Waals surface area contributed by atoms with Gasteiger partial charge in [-0.2, -0.15) is 0 Å². The molecule has 16 heavy (non-hydrogen) atoms. The Balaban J connectivity index is 2.08. The lowest BCUT2D eigenvalue weighted by Crippen LogP contribution is -1.83. The third-order valence-electron chi connectivity index (χ3n) is 2.37. The van der Waals surface area contributed by atoms with Crippen LogP contribution in [0.4, 0.5) is 0 Å². The summed E-state index contributed by atoms with van der Waals surface area (Å²) in [5.74, 6) is 1.19. The van der Waals surface area contributed by atoms with Crippen LogP contribution in [-0.4, -0.2) is 5.11 Å². The highest BCUT2D eigenvalue weighted by molar-refractivity contribution is 7.98. The van der Waals surface area contributed by atoms with Gasteiger partial charge in [-0.1, -0.05) is 35.9 Å². The first-order valence-electron chi connectivity index (χ1n) is 5.22. The van der Waals surface area contributed by atoms with Crippen LogP contribution in [0.5, 0.6) is 5.75 Å². The van der Waals surface area contributed by atoms with Gasteiger partial charge in [0, 0.05) is 16.2 Å². The molecule has 1 N–H and O–H groups in total. The van der Waals surface area contributed by atoms with E-state index < -0.39 is 0 Å². The molecular weight excluding hydrogens is 216 g/mol. The molecule has 2 heteroatoms. The van der Waals surface area contributed by atoms with Crippen molar-refractivity contribution in [2.75, 3.05) is 0 Å². The van der Waals surface area contributed by atoms with Crippen molar-refractivity contribution in [2.24, 2.45) is 0 Å². The average molecular weight is 230 g/mol. The Kier molecular flexibility index (Phi) is 3.52. The predicted molar refractivity (Wildman–Crippen MR) is 68.8 cm³/mol. The molecule has 0 heterocycles. The third-order valence-corrected chi connectivity index (χ3v) is 3.43. The number of aromatic hydroxyl groups is 1. The van der Waals surface area contributed by atoms with Gasteiger partial charge in [0.1, 0.15) is 5.75 Å². The molecule has 2 aromatic carbocycles. The summed E-state index contributed by atoms with van der Waals surface area (Å²) in [6.45, 7) is 2.04. The molecule has 0 aliphatic rings. The SMILES string of the molecule is Cc1ccc(O)c(CSc2ccccc2)c1. The maximum Gasteiger partial charge on any atom is 0.119 e. The van der Waals surface area contributed by atoms with Crippen molar-refractivity contribution < 1.29 is 5.11 Å². The minimum Gasteiger partial charge on any atom is -0.508 e. The average Bonchev–Trinajstić information content (AvgIpc) is 2.32. The summed E-state index contributed by atoms with van der Waals surface area (Å²) >= 11 is 1.74. The van der Waals surface area contributed by atoms with Gasteiger partial charge in [-0.15, -0.1) is 11.8 Å². The Labute approximate surface area is 100 Å². The van der Waals surface area contributed by atoms with Crippen LogP contribution in [0.25, 0.3) is 0 Å². The first-order valence-corrected chi connectivity index (χ1v) is 6.20. The highest BCUT2D eigenvalue weighted by Crippen LogP contribution is 2.27. The molecule has 82 valence electrons. The van der Waals surface area contributed by atoms with Crippen molar-refractivity contribution >= 4 is 11.8 Å². The lowest BCUT2D eigenvalue weighted by atomic mass is 10.1. The Hall–Kier alpha value is -1.41. The fourth-order valence-electron chi connectivity index (χ4n) is 1.51. The molecule has 0 spiro atoms. The predicted octanol–water partition coefficient (Wildman–Crippen LogP) is 3.99. The monoisotopic (exact) mass is 230 g/mol. The lowest BCUT2D eigenvalue weighted by molar-refractivity contribution is 0.470. The summed E-state index contributed by atoms with van der Waals surface area (Å²) in [6.07, 6.45) is 0. The maximum absolute atomic E-state index is 9.70. The van der Waals surface area contributed by atoms with Gasteiger partial charge in [-0.25, -0.2) is 0 Å². The summed E-state index contributed by atoms with van der Waals surface area (Å²) in [5, 5.41) is 9.70. The van der Waals surface area contributed by atoms with Crippen LogP contribution in [0.15, 0.2) is 53.4 Å². The fourth-order valence-corrected chi connectivity index (χ4v) is 2.41. The highest BCUT2D eigenvalue weighted by atomic mass is 32.2. The van der Waals surface area contributed by atoms with Crippen LogP contribution in [0, 0.1) is 6.92 Å². The number of phenols is 1. The lowest BCUT2D eigenvalue weighted by Gasteiger charge is -2.05. The van der Waals surface area contributed by atoms with Crippen LogP contribution in [-0.2, 0) is 5.75 Å². The van der Waals surface area contributed by atoms with Gasteiger partial charge in [-0.3, -0.25) is 0 Å². The van der Waals surface area contributed by atoms with Crippen LogP contribution in [0.2, 0.25) is 0 Å². The Morgan fingerprint density at radius 2 is 1.81 bits per heavy atom. The van der Waals surface area contributed by atoms with Gasteiger partial charge >= 0.3 is 0 Å². The maximum atomic E-state index is 9.70. The van der Waals surface area contributed by atoms with E-state index in [2.05, 4.69) is 12.1 Å². The molecule has 0 atom stereocenters. The van der Waals surface area contributed by atoms with Crippen molar-refractivity contribution in [2.45, 2.75) is 17.6 Å². The normalized spacial score (nSPS) is 10.3. The van der Waals surface area contributed by atoms with E-state index in [1.165, 1.54) is 10.5 Å². The summed E-state index contributed by atoms with van der Waals surface area (Å²) in [6, 6.07) is 15.9. The van der Waals surface area contributed by atoms with Crippen LogP contribution in [0.3, 0.4) is 0 Å². The van der Waals surface area contributed by atoms with Crippen molar-refractivity contribution in [3.8, 4) is 5.75 Å². The van der Waals surface area contributed by atoms with Crippen molar-refractivity contribution in [1.82, 2.24) is 0 Å². The zero-order valence-corrected chi connectivity index (χ0v) is 10.00. The molecule has 0 bridgehead atoms. The van der Waals surface area contributed by atoms with E-state index in [1.807, 2.05) is 37.3 Å². The minimum atomic E-state index is 0.383. The van der Waals surface area contributed by atoms with E-state index >= 15 is 0 Å². The molecule has 0 amide bonds. The summed E-state index contributed by atoms with van der Waals surface area (Å²) in [4.78, 5) is 1.23. The smallest absolute Gasteiger partial charge is 0.119 e. The van der Waals surface area contributed by atoms with Gasteiger partial charge in [0.2, 0.25) is 0 Å². The highest BCUT2D eigenvalue weighted by Gasteiger charge is 2.02. The van der Waals surface area contributed by atoms with Crippen LogP contribution in [0.1, 0.15) is 11.1 Å². The van der Waals surface area contributed by atoms with Gasteiger partial charge in [0.25, 0.3) is 0 Å². The van der Waals surface area contributed by atoms with E-state index in [9.17, 15) is 5.11 Å². The molecule has 0 radical (unpaired) electrons. The Morgan fingerprint density at radius 3 is 2.56 bits per heavy atom. The molecule has 2 rings (SSSR count). The summed E-state index contributed by atoms with van der Waals surface area (Å²) in [5.41, 5.74) is 2.18. The second kappa shape index (κ2) is 5.08. The number of hydrogen-bond donors (Lipinski definition) is 1. The van der Waals surface area contributed by atoms with Crippen LogP contribution >= 0.6 is 11.8 Å². The van der Waals surface area contributed by atoms with E-state index in [1.54, 1.807) is 17.8 Å². The first kappa shape index (κ1) is 11.1. The summed E-state index contributed by atoms with van der Waals surface area (Å²) < 4.78 is 0.